The van der Waals surface area contributed by atoms with Crippen LogP contribution in [0.1, 0.15) is 29.5 Å². The van der Waals surface area contributed by atoms with E-state index in [0.29, 0.717) is 0 Å². The number of hydrogen-bond acceptors (Lipinski definition) is 1. The largest absolute Gasteiger partial charge is 0.293 e. The van der Waals surface area contributed by atoms with Gasteiger partial charge in [-0.25, -0.2) is 0 Å². The number of benzene rings is 1. The molecule has 0 aromatic heterocycles. The van der Waals surface area contributed by atoms with E-state index in [2.05, 4.69) is 56.9 Å². The summed E-state index contributed by atoms with van der Waals surface area (Å²) >= 11 is 0. The molecule has 2 aliphatic rings. The van der Waals surface area contributed by atoms with Gasteiger partial charge in [0.15, 0.2) is 5.78 Å². The molecule has 1 unspecified atom stereocenters. The fourth-order valence-electron chi connectivity index (χ4n) is 3.02. The van der Waals surface area contributed by atoms with E-state index >= 15 is 0 Å². The maximum atomic E-state index is 12.7. The molecule has 0 aliphatic heterocycles. The third-order valence-electron chi connectivity index (χ3n) is 4.57. The van der Waals surface area contributed by atoms with E-state index in [-0.39, 0.29) is 11.7 Å². The van der Waals surface area contributed by atoms with Crippen LogP contribution in [0, 0.1) is 19.8 Å². The first kappa shape index (κ1) is 13.8. The fraction of sp³-hybridized carbons (Fsp3) is 0.250. The summed E-state index contributed by atoms with van der Waals surface area (Å²) in [5, 5.41) is 0. The van der Waals surface area contributed by atoms with E-state index in [1.165, 1.54) is 16.7 Å². The number of hydrogen-bond donors (Lipinski definition) is 0. The Bertz CT molecular complexity index is 713. The molecule has 1 heteroatoms. The van der Waals surface area contributed by atoms with Crippen LogP contribution in [0.4, 0.5) is 0 Å². The number of carbonyl (C=O) groups excluding carboxylic acids is 1. The summed E-state index contributed by atoms with van der Waals surface area (Å²) in [4.78, 5) is 12.7. The molecule has 2 aliphatic carbocycles. The smallest absolute Gasteiger partial charge is 0.170 e. The lowest BCUT2D eigenvalue weighted by Crippen LogP contribution is -2.23. The van der Waals surface area contributed by atoms with Crippen molar-refractivity contribution < 1.29 is 4.79 Å². The average molecular weight is 276 g/mol. The first-order valence-electron chi connectivity index (χ1n) is 7.45. The van der Waals surface area contributed by atoms with Gasteiger partial charge < -0.3 is 0 Å². The van der Waals surface area contributed by atoms with Gasteiger partial charge in [0.1, 0.15) is 0 Å². The third kappa shape index (κ3) is 2.44. The molecule has 0 saturated heterocycles. The summed E-state index contributed by atoms with van der Waals surface area (Å²) in [6, 6.07) is 6.28. The molecule has 1 atom stereocenters. The predicted molar refractivity (Wildman–Crippen MR) is 88.0 cm³/mol. The van der Waals surface area contributed by atoms with Crippen molar-refractivity contribution in [2.45, 2.75) is 26.7 Å². The SMILES string of the molecule is C=C(C1=CCC2=CC=CCC2C1=O)c1ccc(C)c(C)c1. The molecule has 1 aromatic rings. The van der Waals surface area contributed by atoms with Gasteiger partial charge in [-0.15, -0.1) is 0 Å². The van der Waals surface area contributed by atoms with Crippen molar-refractivity contribution in [3.63, 3.8) is 0 Å². The molecule has 21 heavy (non-hydrogen) atoms. The first-order valence-corrected chi connectivity index (χ1v) is 7.45. The molecular weight excluding hydrogens is 256 g/mol. The van der Waals surface area contributed by atoms with Crippen LogP contribution in [0.3, 0.4) is 0 Å². The van der Waals surface area contributed by atoms with E-state index < -0.39 is 0 Å². The van der Waals surface area contributed by atoms with Gasteiger partial charge in [0.2, 0.25) is 0 Å². The van der Waals surface area contributed by atoms with Gasteiger partial charge in [-0.3, -0.25) is 4.79 Å². The molecule has 0 bridgehead atoms. The maximum Gasteiger partial charge on any atom is 0.170 e. The van der Waals surface area contributed by atoms with Gasteiger partial charge in [-0.1, -0.05) is 54.7 Å². The zero-order valence-corrected chi connectivity index (χ0v) is 12.6. The summed E-state index contributed by atoms with van der Waals surface area (Å²) < 4.78 is 0. The molecule has 3 rings (SSSR count). The third-order valence-corrected chi connectivity index (χ3v) is 4.57. The minimum Gasteiger partial charge on any atom is -0.293 e. The molecule has 0 fully saturated rings. The Morgan fingerprint density at radius 2 is 2.05 bits per heavy atom. The quantitative estimate of drug-likeness (QED) is 0.764. The van der Waals surface area contributed by atoms with Crippen LogP contribution in [-0.2, 0) is 4.79 Å². The van der Waals surface area contributed by atoms with Crippen LogP contribution in [0.2, 0.25) is 0 Å². The summed E-state index contributed by atoms with van der Waals surface area (Å²) in [6.07, 6.45) is 9.94. The van der Waals surface area contributed by atoms with Crippen LogP contribution in [0.15, 0.2) is 60.2 Å². The molecule has 0 N–H and O–H groups in total. The average Bonchev–Trinajstić information content (AvgIpc) is 2.50. The number of ketones is 1. The van der Waals surface area contributed by atoms with Crippen LogP contribution in [-0.4, -0.2) is 5.78 Å². The maximum absolute atomic E-state index is 12.7. The molecule has 0 radical (unpaired) electrons. The Morgan fingerprint density at radius 1 is 1.24 bits per heavy atom. The van der Waals surface area contributed by atoms with Gasteiger partial charge >= 0.3 is 0 Å². The molecule has 1 nitrogen and oxygen atoms in total. The highest BCUT2D eigenvalue weighted by Crippen LogP contribution is 2.36. The topological polar surface area (TPSA) is 17.1 Å². The number of aryl methyl sites for hydroxylation is 2. The zero-order valence-electron chi connectivity index (χ0n) is 12.6. The first-order chi connectivity index (χ1) is 10.1. The number of allylic oxidation sites excluding steroid dienone is 7. The van der Waals surface area contributed by atoms with Crippen molar-refractivity contribution in [2.24, 2.45) is 5.92 Å². The van der Waals surface area contributed by atoms with E-state index in [1.54, 1.807) is 0 Å². The number of carbonyl (C=O) groups is 1. The molecular formula is C20H20O. The Balaban J connectivity index is 1.93. The van der Waals surface area contributed by atoms with Crippen molar-refractivity contribution in [3.8, 4) is 0 Å². The minimum atomic E-state index is 0.0262. The second-order valence-corrected chi connectivity index (χ2v) is 5.92. The minimum absolute atomic E-state index is 0.0262. The predicted octanol–water partition coefficient (Wildman–Crippen LogP) is 4.72. The summed E-state index contributed by atoms with van der Waals surface area (Å²) in [5.41, 5.74) is 6.44. The number of fused-ring (bicyclic) bond motifs is 1. The molecule has 1 aromatic carbocycles. The Kier molecular flexibility index (Phi) is 3.50. The van der Waals surface area contributed by atoms with Gasteiger partial charge in [-0.05, 0) is 49.0 Å². The monoisotopic (exact) mass is 276 g/mol. The second-order valence-electron chi connectivity index (χ2n) is 5.92. The van der Waals surface area contributed by atoms with E-state index in [0.717, 1.165) is 29.6 Å². The standard InChI is InChI=1S/C20H20O/c1-13-8-9-17(12-14(13)2)15(3)18-11-10-16-6-4-5-7-19(16)20(18)21/h4-6,8-9,11-12,19H,3,7,10H2,1-2H3. The van der Waals surface area contributed by atoms with E-state index in [9.17, 15) is 4.79 Å². The summed E-state index contributed by atoms with van der Waals surface area (Å²) in [7, 11) is 0. The van der Waals surface area contributed by atoms with Gasteiger partial charge in [0.25, 0.3) is 0 Å². The van der Waals surface area contributed by atoms with E-state index in [4.69, 9.17) is 0 Å². The highest BCUT2D eigenvalue weighted by Gasteiger charge is 2.30. The lowest BCUT2D eigenvalue weighted by atomic mass is 9.76. The molecule has 0 saturated carbocycles. The summed E-state index contributed by atoms with van der Waals surface area (Å²) in [5.74, 6) is 0.248. The highest BCUT2D eigenvalue weighted by molar-refractivity contribution is 6.12. The Hall–Kier alpha value is -2.15. The molecule has 106 valence electrons. The van der Waals surface area contributed by atoms with Crippen molar-refractivity contribution in [2.75, 3.05) is 0 Å². The Morgan fingerprint density at radius 3 is 2.81 bits per heavy atom. The lowest BCUT2D eigenvalue weighted by molar-refractivity contribution is -0.118. The lowest BCUT2D eigenvalue weighted by Gasteiger charge is -2.26. The number of Topliss-reactive ketones (excluding diaryl/α,β-unsaturated/α-hetero) is 1. The van der Waals surface area contributed by atoms with E-state index in [1.807, 2.05) is 6.08 Å². The van der Waals surface area contributed by atoms with Gasteiger partial charge in [0, 0.05) is 11.5 Å². The normalized spacial score (nSPS) is 20.7. The second kappa shape index (κ2) is 5.33. The van der Waals surface area contributed by atoms with Crippen molar-refractivity contribution in [3.05, 3.63) is 76.9 Å². The molecule has 0 amide bonds. The Labute approximate surface area is 126 Å². The molecule has 0 spiro atoms. The van der Waals surface area contributed by atoms with Crippen molar-refractivity contribution in [1.29, 1.82) is 0 Å². The summed E-state index contributed by atoms with van der Waals surface area (Å²) in [6.45, 7) is 8.37. The fourth-order valence-corrected chi connectivity index (χ4v) is 3.02. The van der Waals surface area contributed by atoms with Crippen LogP contribution in [0.25, 0.3) is 5.57 Å². The van der Waals surface area contributed by atoms with Gasteiger partial charge in [0.05, 0.1) is 0 Å². The van der Waals surface area contributed by atoms with Gasteiger partial charge in [-0.2, -0.15) is 0 Å². The van der Waals surface area contributed by atoms with Crippen LogP contribution in [0.5, 0.6) is 0 Å². The van der Waals surface area contributed by atoms with Crippen LogP contribution < -0.4 is 0 Å². The van der Waals surface area contributed by atoms with Crippen LogP contribution >= 0.6 is 0 Å². The highest BCUT2D eigenvalue weighted by atomic mass is 16.1. The number of rotatable bonds is 2. The van der Waals surface area contributed by atoms with Crippen molar-refractivity contribution >= 4 is 11.4 Å². The van der Waals surface area contributed by atoms with Crippen molar-refractivity contribution in [1.82, 2.24) is 0 Å². The molecule has 0 heterocycles. The zero-order chi connectivity index (χ0) is 15.0.